The summed E-state index contributed by atoms with van der Waals surface area (Å²) in [5.41, 5.74) is 0.479. The zero-order chi connectivity index (χ0) is 13.4. The lowest BCUT2D eigenvalue weighted by Crippen LogP contribution is -2.26. The van der Waals surface area contributed by atoms with E-state index >= 15 is 0 Å². The van der Waals surface area contributed by atoms with Gasteiger partial charge in [0.25, 0.3) is 0 Å². The minimum Gasteiger partial charge on any atom is -0.481 e. The number of carbonyl (C=O) groups is 1. The minimum atomic E-state index is -0.900. The highest BCUT2D eigenvalue weighted by Gasteiger charge is 2.13. The highest BCUT2D eigenvalue weighted by atomic mass is 16.5. The van der Waals surface area contributed by atoms with E-state index in [0.29, 0.717) is 24.5 Å². The van der Waals surface area contributed by atoms with Crippen LogP contribution >= 0.6 is 0 Å². The molecule has 96 valence electrons. The zero-order valence-electron chi connectivity index (χ0n) is 10.1. The van der Waals surface area contributed by atoms with Crippen LogP contribution < -0.4 is 5.32 Å². The van der Waals surface area contributed by atoms with Gasteiger partial charge in [0.2, 0.25) is 0 Å². The maximum Gasteiger partial charge on any atom is 0.306 e. The molecule has 2 N–H and O–H groups in total. The van der Waals surface area contributed by atoms with Gasteiger partial charge in [-0.05, 0) is 19.1 Å². The highest BCUT2D eigenvalue weighted by molar-refractivity contribution is 5.67. The van der Waals surface area contributed by atoms with Crippen molar-refractivity contribution in [3.63, 3.8) is 0 Å². The predicted molar refractivity (Wildman–Crippen MR) is 65.1 cm³/mol. The summed E-state index contributed by atoms with van der Waals surface area (Å²) in [6, 6.07) is 5.28. The summed E-state index contributed by atoms with van der Waals surface area (Å²) in [6.07, 6.45) is 0.997. The summed E-state index contributed by atoms with van der Waals surface area (Å²) in [6.45, 7) is 2.63. The number of nitrogens with zero attached hydrogens (tertiary/aromatic N) is 2. The molecule has 1 atom stereocenters. The number of nitriles is 1. The fraction of sp³-hybridized carbons (Fsp3) is 0.417. The molecule has 0 aliphatic heterocycles. The number of carboxylic acids is 1. The van der Waals surface area contributed by atoms with Gasteiger partial charge in [-0.25, -0.2) is 4.98 Å². The average molecular weight is 249 g/mol. The Kier molecular flexibility index (Phi) is 5.61. The Morgan fingerprint density at radius 2 is 2.44 bits per heavy atom. The Hall–Kier alpha value is -2.13. The number of nitrogens with one attached hydrogen (secondary N) is 1. The van der Waals surface area contributed by atoms with Crippen molar-refractivity contribution in [1.29, 1.82) is 5.26 Å². The number of hydrogen-bond acceptors (Lipinski definition) is 5. The number of rotatable bonds is 7. The van der Waals surface area contributed by atoms with Crippen LogP contribution in [0, 0.1) is 11.3 Å². The van der Waals surface area contributed by atoms with E-state index in [0.717, 1.165) is 0 Å². The van der Waals surface area contributed by atoms with Gasteiger partial charge in [0.05, 0.1) is 18.1 Å². The van der Waals surface area contributed by atoms with Crippen LogP contribution in [0.4, 0.5) is 5.82 Å². The first-order chi connectivity index (χ1) is 8.65. The summed E-state index contributed by atoms with van der Waals surface area (Å²) in [4.78, 5) is 14.6. The molecular weight excluding hydrogens is 234 g/mol. The summed E-state index contributed by atoms with van der Waals surface area (Å²) >= 11 is 0. The maximum absolute atomic E-state index is 10.6. The highest BCUT2D eigenvalue weighted by Crippen LogP contribution is 2.06. The first-order valence-corrected chi connectivity index (χ1v) is 5.59. The van der Waals surface area contributed by atoms with Crippen LogP contribution in [0.2, 0.25) is 0 Å². The Balaban J connectivity index is 2.50. The molecule has 0 saturated heterocycles. The van der Waals surface area contributed by atoms with Crippen LogP contribution in [0.1, 0.15) is 18.9 Å². The van der Waals surface area contributed by atoms with Crippen LogP contribution in [0.25, 0.3) is 0 Å². The molecule has 0 bridgehead atoms. The molecule has 1 aromatic heterocycles. The molecule has 0 fully saturated rings. The van der Waals surface area contributed by atoms with E-state index in [4.69, 9.17) is 15.1 Å². The second kappa shape index (κ2) is 7.25. The van der Waals surface area contributed by atoms with Crippen LogP contribution in [0.15, 0.2) is 18.3 Å². The van der Waals surface area contributed by atoms with E-state index < -0.39 is 12.1 Å². The number of aromatic nitrogens is 1. The molecule has 0 aliphatic rings. The van der Waals surface area contributed by atoms with Crippen molar-refractivity contribution in [2.24, 2.45) is 0 Å². The van der Waals surface area contributed by atoms with E-state index in [-0.39, 0.29) is 6.42 Å². The minimum absolute atomic E-state index is 0.0584. The molecule has 18 heavy (non-hydrogen) atoms. The van der Waals surface area contributed by atoms with E-state index in [1.165, 1.54) is 6.20 Å². The molecule has 0 spiro atoms. The van der Waals surface area contributed by atoms with Crippen molar-refractivity contribution in [3.8, 4) is 6.07 Å². The lowest BCUT2D eigenvalue weighted by Gasteiger charge is -2.15. The monoisotopic (exact) mass is 249 g/mol. The smallest absolute Gasteiger partial charge is 0.306 e. The normalized spacial score (nSPS) is 11.6. The van der Waals surface area contributed by atoms with E-state index in [1.807, 2.05) is 13.0 Å². The quantitative estimate of drug-likeness (QED) is 0.755. The molecule has 1 heterocycles. The van der Waals surface area contributed by atoms with Gasteiger partial charge >= 0.3 is 5.97 Å². The summed E-state index contributed by atoms with van der Waals surface area (Å²) in [5.74, 6) is -0.313. The standard InChI is InChI=1S/C12H15N3O3/c1-2-18-10(5-12(16)17)8-15-11-4-3-9(6-13)7-14-11/h3-4,7,10H,2,5,8H2,1H3,(H,14,15)(H,16,17). The summed E-state index contributed by atoms with van der Waals surface area (Å²) in [7, 11) is 0. The summed E-state index contributed by atoms with van der Waals surface area (Å²) < 4.78 is 5.30. The second-order valence-corrected chi connectivity index (χ2v) is 3.60. The number of hydrogen-bond donors (Lipinski definition) is 2. The number of pyridine rings is 1. The SMILES string of the molecule is CCOC(CNc1ccc(C#N)cn1)CC(=O)O. The van der Waals surface area contributed by atoms with Gasteiger partial charge in [-0.1, -0.05) is 0 Å². The molecule has 0 aliphatic carbocycles. The predicted octanol–water partition coefficient (Wildman–Crippen LogP) is 1.24. The topological polar surface area (TPSA) is 95.2 Å². The second-order valence-electron chi connectivity index (χ2n) is 3.60. The van der Waals surface area contributed by atoms with Crippen molar-refractivity contribution in [3.05, 3.63) is 23.9 Å². The molecule has 6 heteroatoms. The van der Waals surface area contributed by atoms with Crippen molar-refractivity contribution < 1.29 is 14.6 Å². The van der Waals surface area contributed by atoms with Gasteiger partial charge in [-0.15, -0.1) is 0 Å². The Morgan fingerprint density at radius 3 is 2.94 bits per heavy atom. The van der Waals surface area contributed by atoms with Gasteiger partial charge in [0.1, 0.15) is 11.9 Å². The Labute approximate surface area is 105 Å². The molecule has 1 aromatic rings. The Bertz CT molecular complexity index is 425. The summed E-state index contributed by atoms with van der Waals surface area (Å²) in [5, 5.41) is 20.3. The van der Waals surface area contributed by atoms with Gasteiger partial charge in [0, 0.05) is 19.3 Å². The van der Waals surface area contributed by atoms with E-state index in [1.54, 1.807) is 12.1 Å². The molecule has 6 nitrogen and oxygen atoms in total. The fourth-order valence-corrected chi connectivity index (χ4v) is 1.40. The molecule has 1 unspecified atom stereocenters. The molecule has 0 saturated carbocycles. The number of ether oxygens (including phenoxy) is 1. The molecule has 1 rings (SSSR count). The van der Waals surface area contributed by atoms with Gasteiger partial charge in [-0.2, -0.15) is 5.26 Å². The van der Waals surface area contributed by atoms with Crippen LogP contribution in [-0.4, -0.2) is 35.3 Å². The number of aliphatic carboxylic acids is 1. The van der Waals surface area contributed by atoms with Gasteiger partial charge in [-0.3, -0.25) is 4.79 Å². The third kappa shape index (κ3) is 4.80. The number of carboxylic acid groups (broad SMARTS) is 1. The first kappa shape index (κ1) is 13.9. The van der Waals surface area contributed by atoms with Crippen molar-refractivity contribution in [1.82, 2.24) is 4.98 Å². The third-order valence-electron chi connectivity index (χ3n) is 2.21. The van der Waals surface area contributed by atoms with Crippen LogP contribution in [0.3, 0.4) is 0 Å². The largest absolute Gasteiger partial charge is 0.481 e. The van der Waals surface area contributed by atoms with Crippen LogP contribution in [-0.2, 0) is 9.53 Å². The van der Waals surface area contributed by atoms with Crippen molar-refractivity contribution in [2.75, 3.05) is 18.5 Å². The molecule has 0 radical (unpaired) electrons. The van der Waals surface area contributed by atoms with Gasteiger partial charge < -0.3 is 15.2 Å². The maximum atomic E-state index is 10.6. The van der Waals surface area contributed by atoms with E-state index in [2.05, 4.69) is 10.3 Å². The average Bonchev–Trinajstić information content (AvgIpc) is 2.36. The lowest BCUT2D eigenvalue weighted by molar-refractivity contribution is -0.139. The number of anilines is 1. The molecular formula is C12H15N3O3. The third-order valence-corrected chi connectivity index (χ3v) is 2.21. The van der Waals surface area contributed by atoms with Crippen LogP contribution in [0.5, 0.6) is 0 Å². The molecule has 0 aromatic carbocycles. The fourth-order valence-electron chi connectivity index (χ4n) is 1.40. The first-order valence-electron chi connectivity index (χ1n) is 5.59. The van der Waals surface area contributed by atoms with E-state index in [9.17, 15) is 4.79 Å². The van der Waals surface area contributed by atoms with Crippen molar-refractivity contribution in [2.45, 2.75) is 19.4 Å². The van der Waals surface area contributed by atoms with Crippen molar-refractivity contribution >= 4 is 11.8 Å². The van der Waals surface area contributed by atoms with Gasteiger partial charge in [0.15, 0.2) is 0 Å². The lowest BCUT2D eigenvalue weighted by atomic mass is 10.2. The zero-order valence-corrected chi connectivity index (χ0v) is 10.1. The Morgan fingerprint density at radius 1 is 1.67 bits per heavy atom. The molecule has 0 amide bonds.